The lowest BCUT2D eigenvalue weighted by atomic mass is 10.2. The van der Waals surface area contributed by atoms with Crippen molar-refractivity contribution in [2.75, 3.05) is 5.32 Å². The molecule has 1 N–H and O–H groups in total. The van der Waals surface area contributed by atoms with Gasteiger partial charge in [-0.15, -0.1) is 0 Å². The van der Waals surface area contributed by atoms with E-state index < -0.39 is 11.6 Å². The molecular weight excluding hydrogens is 260 g/mol. The number of hydrogen-bond donors (Lipinski definition) is 1. The van der Waals surface area contributed by atoms with Crippen LogP contribution in [0.4, 0.5) is 14.5 Å². The molecule has 2 aromatic carbocycles. The first-order chi connectivity index (χ1) is 9.65. The quantitative estimate of drug-likeness (QED) is 0.735. The summed E-state index contributed by atoms with van der Waals surface area (Å²) in [6, 6.07) is 13.3. The van der Waals surface area contributed by atoms with Gasteiger partial charge in [0.15, 0.2) is 11.6 Å². The van der Waals surface area contributed by atoms with E-state index in [-0.39, 0.29) is 11.7 Å². The number of rotatable bonds is 3. The van der Waals surface area contributed by atoms with Crippen LogP contribution in [-0.4, -0.2) is 0 Å². The Kier molecular flexibility index (Phi) is 3.14. The maximum atomic E-state index is 13.6. The van der Waals surface area contributed by atoms with E-state index in [4.69, 9.17) is 4.42 Å². The van der Waals surface area contributed by atoms with Crippen LogP contribution in [0.2, 0.25) is 0 Å². The summed E-state index contributed by atoms with van der Waals surface area (Å²) in [5.74, 6) is -1.07. The summed E-state index contributed by atoms with van der Waals surface area (Å²) >= 11 is 0. The van der Waals surface area contributed by atoms with Crippen molar-refractivity contribution in [3.05, 3.63) is 65.9 Å². The van der Waals surface area contributed by atoms with Crippen molar-refractivity contribution in [1.29, 1.82) is 0 Å². The number of anilines is 1. The van der Waals surface area contributed by atoms with E-state index in [9.17, 15) is 8.78 Å². The van der Waals surface area contributed by atoms with Gasteiger partial charge in [0.05, 0.1) is 11.7 Å². The molecule has 0 aliphatic carbocycles. The zero-order valence-electron chi connectivity index (χ0n) is 10.9. The summed E-state index contributed by atoms with van der Waals surface area (Å²) in [5.41, 5.74) is 0.897. The second-order valence-electron chi connectivity index (χ2n) is 4.65. The SMILES string of the molecule is CC(Nc1cccc(F)c1F)c1cc2ccccc2o1. The number of hydrogen-bond acceptors (Lipinski definition) is 2. The van der Waals surface area contributed by atoms with Crippen molar-refractivity contribution in [3.63, 3.8) is 0 Å². The minimum Gasteiger partial charge on any atom is -0.459 e. The molecule has 2 nitrogen and oxygen atoms in total. The molecule has 0 saturated heterocycles. The first kappa shape index (κ1) is 12.7. The van der Waals surface area contributed by atoms with E-state index in [1.54, 1.807) is 0 Å². The molecule has 0 aliphatic heterocycles. The first-order valence-electron chi connectivity index (χ1n) is 6.34. The van der Waals surface area contributed by atoms with Gasteiger partial charge in [0, 0.05) is 5.39 Å². The second-order valence-corrected chi connectivity index (χ2v) is 4.65. The number of para-hydroxylation sites is 1. The third kappa shape index (κ3) is 2.25. The van der Waals surface area contributed by atoms with Crippen molar-refractivity contribution in [1.82, 2.24) is 0 Å². The van der Waals surface area contributed by atoms with Gasteiger partial charge >= 0.3 is 0 Å². The van der Waals surface area contributed by atoms with Crippen LogP contribution in [-0.2, 0) is 0 Å². The Morgan fingerprint density at radius 2 is 1.85 bits per heavy atom. The Balaban J connectivity index is 1.89. The summed E-state index contributed by atoms with van der Waals surface area (Å²) in [7, 11) is 0. The highest BCUT2D eigenvalue weighted by Crippen LogP contribution is 2.27. The van der Waals surface area contributed by atoms with Crippen molar-refractivity contribution in [3.8, 4) is 0 Å². The van der Waals surface area contributed by atoms with E-state index in [2.05, 4.69) is 5.32 Å². The maximum Gasteiger partial charge on any atom is 0.181 e. The second kappa shape index (κ2) is 4.96. The van der Waals surface area contributed by atoms with Gasteiger partial charge in [0.25, 0.3) is 0 Å². The molecule has 0 fully saturated rings. The number of fused-ring (bicyclic) bond motifs is 1. The molecule has 0 spiro atoms. The zero-order valence-corrected chi connectivity index (χ0v) is 10.9. The molecule has 0 aliphatic rings. The average Bonchev–Trinajstić information content (AvgIpc) is 2.88. The highest BCUT2D eigenvalue weighted by Gasteiger charge is 2.14. The molecule has 20 heavy (non-hydrogen) atoms. The monoisotopic (exact) mass is 273 g/mol. The van der Waals surface area contributed by atoms with Gasteiger partial charge in [-0.3, -0.25) is 0 Å². The summed E-state index contributed by atoms with van der Waals surface area (Å²) in [4.78, 5) is 0. The van der Waals surface area contributed by atoms with Crippen LogP contribution < -0.4 is 5.32 Å². The molecule has 1 aromatic heterocycles. The zero-order chi connectivity index (χ0) is 14.1. The van der Waals surface area contributed by atoms with Gasteiger partial charge in [-0.05, 0) is 31.2 Å². The van der Waals surface area contributed by atoms with Gasteiger partial charge in [-0.2, -0.15) is 0 Å². The molecule has 0 bridgehead atoms. The molecule has 4 heteroatoms. The van der Waals surface area contributed by atoms with Crippen LogP contribution >= 0.6 is 0 Å². The fraction of sp³-hybridized carbons (Fsp3) is 0.125. The van der Waals surface area contributed by atoms with Crippen LogP contribution in [0.3, 0.4) is 0 Å². The minimum absolute atomic E-state index is 0.123. The maximum absolute atomic E-state index is 13.6. The Morgan fingerprint density at radius 3 is 2.65 bits per heavy atom. The Morgan fingerprint density at radius 1 is 1.05 bits per heavy atom. The topological polar surface area (TPSA) is 25.2 Å². The van der Waals surface area contributed by atoms with Crippen LogP contribution in [0.15, 0.2) is 52.9 Å². The summed E-state index contributed by atoms with van der Waals surface area (Å²) in [6.45, 7) is 1.84. The largest absolute Gasteiger partial charge is 0.459 e. The molecule has 0 radical (unpaired) electrons. The van der Waals surface area contributed by atoms with Gasteiger partial charge in [-0.25, -0.2) is 8.78 Å². The molecule has 0 amide bonds. The van der Waals surface area contributed by atoms with Crippen molar-refractivity contribution in [2.45, 2.75) is 13.0 Å². The molecule has 1 unspecified atom stereocenters. The Labute approximate surface area is 115 Å². The fourth-order valence-corrected chi connectivity index (χ4v) is 2.14. The molecule has 1 heterocycles. The van der Waals surface area contributed by atoms with E-state index in [0.717, 1.165) is 17.0 Å². The third-order valence-electron chi connectivity index (χ3n) is 3.19. The molecule has 3 rings (SSSR count). The predicted molar refractivity (Wildman–Crippen MR) is 74.6 cm³/mol. The van der Waals surface area contributed by atoms with E-state index in [0.29, 0.717) is 5.76 Å². The number of halogens is 2. The van der Waals surface area contributed by atoms with E-state index in [1.165, 1.54) is 12.1 Å². The fourth-order valence-electron chi connectivity index (χ4n) is 2.14. The predicted octanol–water partition coefficient (Wildman–Crippen LogP) is 4.88. The number of furan rings is 1. The number of benzene rings is 2. The average molecular weight is 273 g/mol. The lowest BCUT2D eigenvalue weighted by molar-refractivity contribution is 0.503. The standard InChI is InChI=1S/C16H13F2NO/c1-10(19-13-7-4-6-12(17)16(13)18)15-9-11-5-2-3-8-14(11)20-15/h2-10,19H,1H3. The summed E-state index contributed by atoms with van der Waals surface area (Å²) in [5, 5.41) is 3.90. The van der Waals surface area contributed by atoms with Gasteiger partial charge in [-0.1, -0.05) is 24.3 Å². The summed E-state index contributed by atoms with van der Waals surface area (Å²) < 4.78 is 32.5. The van der Waals surface area contributed by atoms with Crippen LogP contribution in [0, 0.1) is 11.6 Å². The molecule has 1 atom stereocenters. The van der Waals surface area contributed by atoms with Crippen LogP contribution in [0.1, 0.15) is 18.7 Å². The molecule has 0 saturated carbocycles. The number of nitrogens with one attached hydrogen (secondary N) is 1. The normalized spacial score (nSPS) is 12.6. The molecule has 3 aromatic rings. The van der Waals surface area contributed by atoms with Crippen LogP contribution in [0.5, 0.6) is 0 Å². The minimum atomic E-state index is -0.879. The molecule has 102 valence electrons. The first-order valence-corrected chi connectivity index (χ1v) is 6.34. The van der Waals surface area contributed by atoms with Crippen molar-refractivity contribution >= 4 is 16.7 Å². The third-order valence-corrected chi connectivity index (χ3v) is 3.19. The lowest BCUT2D eigenvalue weighted by Gasteiger charge is -2.13. The van der Waals surface area contributed by atoms with Gasteiger partial charge < -0.3 is 9.73 Å². The Hall–Kier alpha value is -2.36. The van der Waals surface area contributed by atoms with Crippen molar-refractivity contribution < 1.29 is 13.2 Å². The Bertz CT molecular complexity index is 718. The highest BCUT2D eigenvalue weighted by atomic mass is 19.2. The lowest BCUT2D eigenvalue weighted by Crippen LogP contribution is -2.07. The van der Waals surface area contributed by atoms with Gasteiger partial charge in [0.2, 0.25) is 0 Å². The van der Waals surface area contributed by atoms with Crippen molar-refractivity contribution in [2.24, 2.45) is 0 Å². The highest BCUT2D eigenvalue weighted by molar-refractivity contribution is 5.77. The molecular formula is C16H13F2NO. The summed E-state index contributed by atoms with van der Waals surface area (Å²) in [6.07, 6.45) is 0. The van der Waals surface area contributed by atoms with E-state index >= 15 is 0 Å². The smallest absolute Gasteiger partial charge is 0.181 e. The van der Waals surface area contributed by atoms with E-state index in [1.807, 2.05) is 37.3 Å². The van der Waals surface area contributed by atoms with Gasteiger partial charge in [0.1, 0.15) is 11.3 Å². The van der Waals surface area contributed by atoms with Crippen LogP contribution in [0.25, 0.3) is 11.0 Å².